The minimum atomic E-state index is -4.80. The molecular formula is C18H16ClF3N2O3. The Kier molecular flexibility index (Phi) is 6.68. The molecule has 2 amide bonds. The Morgan fingerprint density at radius 3 is 2.30 bits per heavy atom. The van der Waals surface area contributed by atoms with Crippen LogP contribution in [0, 0.1) is 0 Å². The molecule has 0 saturated heterocycles. The van der Waals surface area contributed by atoms with Crippen molar-refractivity contribution in [1.82, 2.24) is 5.32 Å². The van der Waals surface area contributed by atoms with Crippen LogP contribution in [-0.4, -0.2) is 24.7 Å². The summed E-state index contributed by atoms with van der Waals surface area (Å²) in [5, 5.41) is 5.41. The van der Waals surface area contributed by atoms with E-state index in [9.17, 15) is 22.8 Å². The molecule has 0 atom stereocenters. The van der Waals surface area contributed by atoms with E-state index < -0.39 is 18.0 Å². The van der Waals surface area contributed by atoms with E-state index in [0.29, 0.717) is 12.2 Å². The second kappa shape index (κ2) is 8.77. The second-order valence-corrected chi connectivity index (χ2v) is 5.88. The van der Waals surface area contributed by atoms with E-state index in [1.54, 1.807) is 0 Å². The molecular weight excluding hydrogens is 385 g/mol. The van der Waals surface area contributed by atoms with Gasteiger partial charge in [-0.2, -0.15) is 0 Å². The summed E-state index contributed by atoms with van der Waals surface area (Å²) >= 11 is 6.08. The molecule has 0 bridgehead atoms. The van der Waals surface area contributed by atoms with Gasteiger partial charge in [-0.3, -0.25) is 9.59 Å². The fourth-order valence-electron chi connectivity index (χ4n) is 2.12. The lowest BCUT2D eigenvalue weighted by atomic mass is 10.1. The van der Waals surface area contributed by atoms with Crippen molar-refractivity contribution in [3.05, 3.63) is 58.6 Å². The van der Waals surface area contributed by atoms with Crippen LogP contribution in [0.3, 0.4) is 0 Å². The van der Waals surface area contributed by atoms with Crippen LogP contribution in [0.2, 0.25) is 5.02 Å². The van der Waals surface area contributed by atoms with Crippen molar-refractivity contribution in [2.75, 3.05) is 11.9 Å². The Morgan fingerprint density at radius 1 is 1.07 bits per heavy atom. The van der Waals surface area contributed by atoms with Crippen LogP contribution in [0.5, 0.6) is 5.75 Å². The molecule has 0 unspecified atom stereocenters. The zero-order valence-electron chi connectivity index (χ0n) is 14.2. The molecule has 27 heavy (non-hydrogen) atoms. The first-order valence-electron chi connectivity index (χ1n) is 7.94. The first kappa shape index (κ1) is 20.6. The third-order valence-corrected chi connectivity index (χ3v) is 3.67. The molecule has 0 spiro atoms. The number of carbonyl (C=O) groups is 2. The monoisotopic (exact) mass is 400 g/mol. The molecule has 9 heteroatoms. The zero-order valence-corrected chi connectivity index (χ0v) is 14.9. The lowest BCUT2D eigenvalue weighted by Gasteiger charge is -2.10. The van der Waals surface area contributed by atoms with Crippen molar-refractivity contribution >= 4 is 29.1 Å². The molecule has 5 nitrogen and oxygen atoms in total. The highest BCUT2D eigenvalue weighted by atomic mass is 35.5. The summed E-state index contributed by atoms with van der Waals surface area (Å²) in [5.74, 6) is -1.29. The van der Waals surface area contributed by atoms with E-state index in [0.717, 1.165) is 18.6 Å². The van der Waals surface area contributed by atoms with E-state index in [1.165, 1.54) is 30.3 Å². The Hall–Kier alpha value is -2.74. The number of amides is 2. The largest absolute Gasteiger partial charge is 0.573 e. The molecule has 0 fully saturated rings. The third-order valence-electron chi connectivity index (χ3n) is 3.36. The van der Waals surface area contributed by atoms with Gasteiger partial charge in [0.2, 0.25) is 0 Å². The maximum absolute atomic E-state index is 12.2. The van der Waals surface area contributed by atoms with Crippen LogP contribution < -0.4 is 15.4 Å². The summed E-state index contributed by atoms with van der Waals surface area (Å²) in [6.07, 6.45) is -4.02. The number of rotatable bonds is 6. The van der Waals surface area contributed by atoms with Crippen molar-refractivity contribution in [1.29, 1.82) is 0 Å². The number of carbonyl (C=O) groups excluding carboxylic acids is 2. The second-order valence-electron chi connectivity index (χ2n) is 5.48. The molecule has 0 radical (unpaired) electrons. The third kappa shape index (κ3) is 6.18. The van der Waals surface area contributed by atoms with Gasteiger partial charge in [0.15, 0.2) is 0 Å². The molecule has 0 saturated carbocycles. The van der Waals surface area contributed by atoms with Gasteiger partial charge in [0, 0.05) is 17.8 Å². The predicted octanol–water partition coefficient (Wildman–Crippen LogP) is 4.63. The molecule has 0 aliphatic carbocycles. The highest BCUT2D eigenvalue weighted by Crippen LogP contribution is 2.24. The molecule has 2 rings (SSSR count). The predicted molar refractivity (Wildman–Crippen MR) is 95.2 cm³/mol. The molecule has 144 valence electrons. The van der Waals surface area contributed by atoms with Gasteiger partial charge < -0.3 is 15.4 Å². The van der Waals surface area contributed by atoms with Gasteiger partial charge in [-0.15, -0.1) is 13.2 Å². The van der Waals surface area contributed by atoms with Crippen molar-refractivity contribution in [3.8, 4) is 5.75 Å². The van der Waals surface area contributed by atoms with Crippen molar-refractivity contribution in [3.63, 3.8) is 0 Å². The van der Waals surface area contributed by atoms with Gasteiger partial charge >= 0.3 is 6.36 Å². The highest BCUT2D eigenvalue weighted by molar-refractivity contribution is 6.34. The molecule has 0 aliphatic heterocycles. The minimum Gasteiger partial charge on any atom is -0.406 e. The number of hydrogen-bond acceptors (Lipinski definition) is 3. The summed E-state index contributed by atoms with van der Waals surface area (Å²) in [6, 6.07) is 8.87. The molecule has 0 aliphatic rings. The Bertz CT molecular complexity index is 824. The highest BCUT2D eigenvalue weighted by Gasteiger charge is 2.31. The summed E-state index contributed by atoms with van der Waals surface area (Å²) in [7, 11) is 0. The number of anilines is 1. The minimum absolute atomic E-state index is 0.130. The van der Waals surface area contributed by atoms with Crippen LogP contribution in [-0.2, 0) is 0 Å². The van der Waals surface area contributed by atoms with E-state index in [2.05, 4.69) is 15.4 Å². The van der Waals surface area contributed by atoms with Crippen molar-refractivity contribution < 1.29 is 27.5 Å². The summed E-state index contributed by atoms with van der Waals surface area (Å²) in [5.41, 5.74) is 0.745. The van der Waals surface area contributed by atoms with Crippen LogP contribution in [0.25, 0.3) is 0 Å². The van der Waals surface area contributed by atoms with E-state index in [4.69, 9.17) is 11.6 Å². The van der Waals surface area contributed by atoms with Crippen LogP contribution in [0.4, 0.5) is 18.9 Å². The quantitative estimate of drug-likeness (QED) is 0.742. The fourth-order valence-corrected chi connectivity index (χ4v) is 2.39. The maximum Gasteiger partial charge on any atom is 0.573 e. The van der Waals surface area contributed by atoms with Crippen LogP contribution in [0.15, 0.2) is 42.5 Å². The average molecular weight is 401 g/mol. The van der Waals surface area contributed by atoms with Gasteiger partial charge in [-0.05, 0) is 48.9 Å². The number of nitrogens with one attached hydrogen (secondary N) is 2. The molecule has 2 aromatic carbocycles. The summed E-state index contributed by atoms with van der Waals surface area (Å²) in [4.78, 5) is 24.1. The number of benzene rings is 2. The lowest BCUT2D eigenvalue weighted by Crippen LogP contribution is -2.24. The number of halogens is 4. The Balaban J connectivity index is 2.05. The normalized spacial score (nSPS) is 11.0. The van der Waals surface area contributed by atoms with E-state index in [-0.39, 0.29) is 22.1 Å². The Labute approximate surface area is 158 Å². The molecule has 0 aromatic heterocycles. The van der Waals surface area contributed by atoms with Gasteiger partial charge in [0.25, 0.3) is 11.8 Å². The molecule has 2 N–H and O–H groups in total. The standard InChI is InChI=1S/C18H16ClF3N2O3/c1-2-9-23-17(26)14-8-5-12(10-15(14)19)24-16(25)11-3-6-13(7-4-11)27-18(20,21)22/h3-8,10H,2,9H2,1H3,(H,23,26)(H,24,25). The smallest absolute Gasteiger partial charge is 0.406 e. The molecule has 2 aromatic rings. The Morgan fingerprint density at radius 2 is 1.74 bits per heavy atom. The van der Waals surface area contributed by atoms with Crippen molar-refractivity contribution in [2.24, 2.45) is 0 Å². The summed E-state index contributed by atoms with van der Waals surface area (Å²) in [6.45, 7) is 2.43. The van der Waals surface area contributed by atoms with E-state index >= 15 is 0 Å². The number of hydrogen-bond donors (Lipinski definition) is 2. The SMILES string of the molecule is CCCNC(=O)c1ccc(NC(=O)c2ccc(OC(F)(F)F)cc2)cc1Cl. The number of alkyl halides is 3. The first-order chi connectivity index (χ1) is 12.7. The average Bonchev–Trinajstić information content (AvgIpc) is 2.59. The van der Waals surface area contributed by atoms with Crippen LogP contribution >= 0.6 is 11.6 Å². The van der Waals surface area contributed by atoms with Gasteiger partial charge in [0.05, 0.1) is 10.6 Å². The topological polar surface area (TPSA) is 67.4 Å². The first-order valence-corrected chi connectivity index (χ1v) is 8.32. The van der Waals surface area contributed by atoms with Gasteiger partial charge in [-0.25, -0.2) is 0 Å². The van der Waals surface area contributed by atoms with Crippen molar-refractivity contribution in [2.45, 2.75) is 19.7 Å². The zero-order chi connectivity index (χ0) is 20.0. The lowest BCUT2D eigenvalue weighted by molar-refractivity contribution is -0.274. The number of ether oxygens (including phenoxy) is 1. The van der Waals surface area contributed by atoms with Gasteiger partial charge in [0.1, 0.15) is 5.75 Å². The summed E-state index contributed by atoms with van der Waals surface area (Å²) < 4.78 is 40.2. The van der Waals surface area contributed by atoms with Crippen LogP contribution in [0.1, 0.15) is 34.1 Å². The maximum atomic E-state index is 12.2. The fraction of sp³-hybridized carbons (Fsp3) is 0.222. The van der Waals surface area contributed by atoms with Gasteiger partial charge in [-0.1, -0.05) is 18.5 Å². The van der Waals surface area contributed by atoms with E-state index in [1.807, 2.05) is 6.92 Å². The molecule has 0 heterocycles.